The predicted molar refractivity (Wildman–Crippen MR) is 92.4 cm³/mol. The molecule has 3 rings (SSSR count). The van der Waals surface area contributed by atoms with E-state index in [-0.39, 0.29) is 24.9 Å². The molecule has 6 heteroatoms. The molecule has 0 atom stereocenters. The van der Waals surface area contributed by atoms with E-state index in [1.807, 2.05) is 32.0 Å². The number of rotatable bonds is 5. The van der Waals surface area contributed by atoms with Crippen molar-refractivity contribution in [3.63, 3.8) is 0 Å². The summed E-state index contributed by atoms with van der Waals surface area (Å²) in [6.07, 6.45) is 0.974. The third kappa shape index (κ3) is 3.64. The van der Waals surface area contributed by atoms with E-state index in [4.69, 9.17) is 9.47 Å². The number of ether oxygens (including phenoxy) is 2. The van der Waals surface area contributed by atoms with Gasteiger partial charge in [0.1, 0.15) is 5.75 Å². The van der Waals surface area contributed by atoms with Crippen LogP contribution in [0.1, 0.15) is 42.3 Å². The Balaban J connectivity index is 2.13. The number of aromatic nitrogens is 2. The van der Waals surface area contributed by atoms with Crippen molar-refractivity contribution in [2.24, 2.45) is 0 Å². The van der Waals surface area contributed by atoms with Crippen LogP contribution in [0.15, 0.2) is 18.2 Å². The highest BCUT2D eigenvalue weighted by Crippen LogP contribution is 2.37. The zero-order chi connectivity index (χ0) is 18.0. The first-order valence-corrected chi connectivity index (χ1v) is 8.36. The van der Waals surface area contributed by atoms with Crippen LogP contribution >= 0.6 is 0 Å². The molecule has 1 aliphatic heterocycles. The first kappa shape index (κ1) is 17.4. The Labute approximate surface area is 146 Å². The fourth-order valence-corrected chi connectivity index (χ4v) is 2.90. The number of carbonyl (C=O) groups excluding carboxylic acids is 1. The summed E-state index contributed by atoms with van der Waals surface area (Å²) < 4.78 is 10.6. The molecular formula is C19H22N2O4. The van der Waals surface area contributed by atoms with Gasteiger partial charge in [-0.25, -0.2) is 9.97 Å². The van der Waals surface area contributed by atoms with Gasteiger partial charge in [0.05, 0.1) is 38.0 Å². The molecule has 1 aliphatic rings. The van der Waals surface area contributed by atoms with Gasteiger partial charge in [-0.05, 0) is 29.2 Å². The second kappa shape index (κ2) is 7.19. The van der Waals surface area contributed by atoms with Gasteiger partial charge in [0, 0.05) is 12.1 Å². The first-order valence-electron chi connectivity index (χ1n) is 8.36. The Hall–Kier alpha value is -2.47. The summed E-state index contributed by atoms with van der Waals surface area (Å²) in [5, 5.41) is 9.53. The standard InChI is InChI=1S/C19H22N2O4/c1-11(2)16-9-14(10-22)20-19(21-16)15-7-12(8-17(23)24-3)6-13-4-5-25-18(13)15/h6-7,9,11,22H,4-5,8,10H2,1-3H3. The van der Waals surface area contributed by atoms with Crippen LogP contribution in [0.2, 0.25) is 0 Å². The van der Waals surface area contributed by atoms with Crippen molar-refractivity contribution >= 4 is 5.97 Å². The monoisotopic (exact) mass is 342 g/mol. The lowest BCUT2D eigenvalue weighted by Gasteiger charge is -2.13. The second-order valence-electron chi connectivity index (χ2n) is 6.40. The molecule has 0 fully saturated rings. The van der Waals surface area contributed by atoms with Gasteiger partial charge in [-0.1, -0.05) is 19.9 Å². The smallest absolute Gasteiger partial charge is 0.309 e. The minimum atomic E-state index is -0.294. The lowest BCUT2D eigenvalue weighted by atomic mass is 10.0. The highest BCUT2D eigenvalue weighted by molar-refractivity contribution is 5.75. The summed E-state index contributed by atoms with van der Waals surface area (Å²) in [6.45, 7) is 4.53. The minimum Gasteiger partial charge on any atom is -0.492 e. The number of fused-ring (bicyclic) bond motifs is 1. The second-order valence-corrected chi connectivity index (χ2v) is 6.40. The van der Waals surface area contributed by atoms with Gasteiger partial charge in [-0.15, -0.1) is 0 Å². The van der Waals surface area contributed by atoms with E-state index < -0.39 is 0 Å². The van der Waals surface area contributed by atoms with Gasteiger partial charge in [0.25, 0.3) is 0 Å². The molecule has 0 saturated heterocycles. The molecule has 0 spiro atoms. The van der Waals surface area contributed by atoms with Crippen LogP contribution < -0.4 is 4.74 Å². The van der Waals surface area contributed by atoms with Crippen molar-refractivity contribution in [2.75, 3.05) is 13.7 Å². The normalized spacial score (nSPS) is 12.8. The summed E-state index contributed by atoms with van der Waals surface area (Å²) in [7, 11) is 1.38. The fraction of sp³-hybridized carbons (Fsp3) is 0.421. The quantitative estimate of drug-likeness (QED) is 0.841. The van der Waals surface area contributed by atoms with Gasteiger partial charge >= 0.3 is 5.97 Å². The van der Waals surface area contributed by atoms with Gasteiger partial charge in [0.2, 0.25) is 0 Å². The van der Waals surface area contributed by atoms with Crippen LogP contribution in [0.4, 0.5) is 0 Å². The number of hydrogen-bond donors (Lipinski definition) is 1. The van der Waals surface area contributed by atoms with Crippen LogP contribution in [0, 0.1) is 0 Å². The average molecular weight is 342 g/mol. The summed E-state index contributed by atoms with van der Waals surface area (Å²) in [5.41, 5.74) is 4.07. The molecule has 132 valence electrons. The lowest BCUT2D eigenvalue weighted by molar-refractivity contribution is -0.139. The Morgan fingerprint density at radius 1 is 1.32 bits per heavy atom. The molecule has 1 aromatic carbocycles. The van der Waals surface area contributed by atoms with Crippen molar-refractivity contribution in [3.8, 4) is 17.1 Å². The maximum Gasteiger partial charge on any atom is 0.309 e. The van der Waals surface area contributed by atoms with E-state index in [0.29, 0.717) is 18.1 Å². The number of aliphatic hydroxyl groups is 1. The Bertz CT molecular complexity index is 802. The van der Waals surface area contributed by atoms with Crippen LogP contribution in [-0.4, -0.2) is 34.8 Å². The molecule has 0 saturated carbocycles. The van der Waals surface area contributed by atoms with Gasteiger partial charge < -0.3 is 14.6 Å². The Morgan fingerprint density at radius 2 is 2.12 bits per heavy atom. The summed E-state index contributed by atoms with van der Waals surface area (Å²) in [5.74, 6) is 1.19. The highest BCUT2D eigenvalue weighted by Gasteiger charge is 2.22. The van der Waals surface area contributed by atoms with E-state index in [0.717, 1.165) is 34.6 Å². The van der Waals surface area contributed by atoms with Crippen molar-refractivity contribution in [3.05, 3.63) is 40.7 Å². The first-order chi connectivity index (χ1) is 12.0. The van der Waals surface area contributed by atoms with E-state index in [9.17, 15) is 9.90 Å². The maximum absolute atomic E-state index is 11.7. The van der Waals surface area contributed by atoms with Crippen LogP contribution in [-0.2, 0) is 29.0 Å². The number of nitrogens with zero attached hydrogens (tertiary/aromatic N) is 2. The number of benzene rings is 1. The summed E-state index contributed by atoms with van der Waals surface area (Å²) >= 11 is 0. The maximum atomic E-state index is 11.7. The molecule has 1 aromatic heterocycles. The summed E-state index contributed by atoms with van der Waals surface area (Å²) in [4.78, 5) is 20.8. The number of methoxy groups -OCH3 is 1. The van der Waals surface area contributed by atoms with Crippen LogP contribution in [0.3, 0.4) is 0 Å². The number of carbonyl (C=O) groups is 1. The fourth-order valence-electron chi connectivity index (χ4n) is 2.90. The zero-order valence-electron chi connectivity index (χ0n) is 14.7. The van der Waals surface area contributed by atoms with Crippen molar-refractivity contribution in [1.82, 2.24) is 9.97 Å². The molecule has 0 aliphatic carbocycles. The number of hydrogen-bond acceptors (Lipinski definition) is 6. The van der Waals surface area contributed by atoms with Crippen molar-refractivity contribution in [2.45, 2.75) is 39.2 Å². The van der Waals surface area contributed by atoms with E-state index in [1.54, 1.807) is 0 Å². The lowest BCUT2D eigenvalue weighted by Crippen LogP contribution is -2.06. The molecule has 25 heavy (non-hydrogen) atoms. The molecule has 0 bridgehead atoms. The van der Waals surface area contributed by atoms with Gasteiger partial charge in [-0.2, -0.15) is 0 Å². The molecular weight excluding hydrogens is 320 g/mol. The van der Waals surface area contributed by atoms with Gasteiger partial charge in [0.15, 0.2) is 5.82 Å². The molecule has 2 aromatic rings. The molecule has 0 radical (unpaired) electrons. The van der Waals surface area contributed by atoms with Crippen LogP contribution in [0.5, 0.6) is 5.75 Å². The largest absolute Gasteiger partial charge is 0.492 e. The summed E-state index contributed by atoms with van der Waals surface area (Å²) in [6, 6.07) is 5.66. The van der Waals surface area contributed by atoms with Crippen molar-refractivity contribution in [1.29, 1.82) is 0 Å². The minimum absolute atomic E-state index is 0.153. The zero-order valence-corrected chi connectivity index (χ0v) is 14.7. The molecule has 6 nitrogen and oxygen atoms in total. The van der Waals surface area contributed by atoms with Crippen LogP contribution in [0.25, 0.3) is 11.4 Å². The highest BCUT2D eigenvalue weighted by atomic mass is 16.5. The SMILES string of the molecule is COC(=O)Cc1cc2c(c(-c3nc(CO)cc(C(C)C)n3)c1)OCC2. The number of aliphatic hydroxyl groups excluding tert-OH is 1. The third-order valence-corrected chi connectivity index (χ3v) is 4.21. The Kier molecular flexibility index (Phi) is 4.99. The van der Waals surface area contributed by atoms with E-state index in [2.05, 4.69) is 9.97 Å². The third-order valence-electron chi connectivity index (χ3n) is 4.21. The molecule has 0 amide bonds. The Morgan fingerprint density at radius 3 is 2.80 bits per heavy atom. The van der Waals surface area contributed by atoms with E-state index >= 15 is 0 Å². The van der Waals surface area contributed by atoms with E-state index in [1.165, 1.54) is 7.11 Å². The predicted octanol–water partition coefficient (Wildman–Crippen LogP) is 2.41. The molecule has 2 heterocycles. The average Bonchev–Trinajstić information content (AvgIpc) is 3.08. The van der Waals surface area contributed by atoms with Crippen molar-refractivity contribution < 1.29 is 19.4 Å². The topological polar surface area (TPSA) is 81.5 Å². The number of esters is 1. The molecule has 1 N–H and O–H groups in total. The van der Waals surface area contributed by atoms with Gasteiger partial charge in [-0.3, -0.25) is 4.79 Å². The molecule has 0 unspecified atom stereocenters.